The summed E-state index contributed by atoms with van der Waals surface area (Å²) in [5, 5.41) is 15.5. The number of aryl methyl sites for hydroxylation is 1. The second-order valence-electron chi connectivity index (χ2n) is 4.42. The van der Waals surface area contributed by atoms with Crippen LogP contribution < -0.4 is 5.32 Å². The summed E-state index contributed by atoms with van der Waals surface area (Å²) in [5.74, 6) is 0.771. The van der Waals surface area contributed by atoms with Crippen LogP contribution in [-0.4, -0.2) is 16.6 Å². The van der Waals surface area contributed by atoms with E-state index in [-0.39, 0.29) is 0 Å². The summed E-state index contributed by atoms with van der Waals surface area (Å²) in [6.45, 7) is 4.24. The van der Waals surface area contributed by atoms with Gasteiger partial charge in [-0.1, -0.05) is 6.07 Å². The lowest BCUT2D eigenvalue weighted by molar-refractivity contribution is 0.0753. The quantitative estimate of drug-likeness (QED) is 0.903. The Kier molecular flexibility index (Phi) is 4.04. The van der Waals surface area contributed by atoms with Gasteiger partial charge in [0.05, 0.1) is 0 Å². The molecule has 5 heteroatoms. The van der Waals surface area contributed by atoms with Gasteiger partial charge in [0.1, 0.15) is 11.4 Å². The van der Waals surface area contributed by atoms with Crippen molar-refractivity contribution in [3.8, 4) is 0 Å². The van der Waals surface area contributed by atoms with E-state index >= 15 is 0 Å². The highest BCUT2D eigenvalue weighted by Gasteiger charge is 2.23. The van der Waals surface area contributed by atoms with Gasteiger partial charge in [0.15, 0.2) is 0 Å². The third kappa shape index (κ3) is 3.10. The fourth-order valence-corrected chi connectivity index (χ4v) is 2.57. The maximum Gasteiger partial charge on any atom is 0.126 e. The van der Waals surface area contributed by atoms with Gasteiger partial charge in [0.2, 0.25) is 0 Å². The minimum Gasteiger partial charge on any atom is -0.383 e. The van der Waals surface area contributed by atoms with Crippen LogP contribution in [0.2, 0.25) is 0 Å². The maximum absolute atomic E-state index is 10.4. The lowest BCUT2D eigenvalue weighted by Gasteiger charge is -2.22. The smallest absolute Gasteiger partial charge is 0.126 e. The minimum atomic E-state index is -0.878. The van der Waals surface area contributed by atoms with Crippen molar-refractivity contribution in [2.75, 3.05) is 11.9 Å². The first-order valence-electron chi connectivity index (χ1n) is 5.61. The number of anilines is 1. The molecular formula is C13H15BrN2OS. The number of halogens is 1. The molecule has 0 saturated heterocycles. The molecule has 2 aromatic rings. The number of thiophene rings is 1. The summed E-state index contributed by atoms with van der Waals surface area (Å²) < 4.78 is 0.984. The van der Waals surface area contributed by atoms with E-state index in [0.717, 1.165) is 20.7 Å². The van der Waals surface area contributed by atoms with Gasteiger partial charge in [-0.3, -0.25) is 0 Å². The van der Waals surface area contributed by atoms with Gasteiger partial charge in [-0.25, -0.2) is 4.98 Å². The minimum absolute atomic E-state index is 0.432. The van der Waals surface area contributed by atoms with Crippen molar-refractivity contribution in [3.05, 3.63) is 44.7 Å². The Balaban J connectivity index is 2.05. The molecule has 2 aromatic heterocycles. The molecule has 2 rings (SSSR count). The highest BCUT2D eigenvalue weighted by Crippen LogP contribution is 2.26. The molecule has 0 aromatic carbocycles. The van der Waals surface area contributed by atoms with Gasteiger partial charge in [-0.05, 0) is 52.9 Å². The molecule has 2 heterocycles. The molecule has 18 heavy (non-hydrogen) atoms. The van der Waals surface area contributed by atoms with E-state index in [1.807, 2.05) is 30.5 Å². The van der Waals surface area contributed by atoms with Gasteiger partial charge < -0.3 is 10.4 Å². The van der Waals surface area contributed by atoms with E-state index in [0.29, 0.717) is 6.54 Å². The second kappa shape index (κ2) is 5.38. The molecule has 1 atom stereocenters. The van der Waals surface area contributed by atoms with Crippen molar-refractivity contribution in [2.24, 2.45) is 0 Å². The first-order chi connectivity index (χ1) is 8.49. The number of aromatic nitrogens is 1. The zero-order valence-corrected chi connectivity index (χ0v) is 12.7. The first-order valence-corrected chi connectivity index (χ1v) is 7.29. The summed E-state index contributed by atoms with van der Waals surface area (Å²) in [6.07, 6.45) is 1.76. The van der Waals surface area contributed by atoms with Crippen LogP contribution in [0.4, 0.5) is 5.82 Å². The van der Waals surface area contributed by atoms with Crippen molar-refractivity contribution < 1.29 is 5.11 Å². The zero-order chi connectivity index (χ0) is 13.2. The van der Waals surface area contributed by atoms with Gasteiger partial charge in [0.25, 0.3) is 0 Å². The van der Waals surface area contributed by atoms with Crippen molar-refractivity contribution in [1.29, 1.82) is 0 Å². The first kappa shape index (κ1) is 13.5. The van der Waals surface area contributed by atoms with Crippen LogP contribution in [0.5, 0.6) is 0 Å². The van der Waals surface area contributed by atoms with Crippen LogP contribution in [-0.2, 0) is 5.60 Å². The Labute approximate surface area is 119 Å². The molecule has 0 aliphatic rings. The van der Waals surface area contributed by atoms with Gasteiger partial charge in [-0.2, -0.15) is 0 Å². The predicted molar refractivity (Wildman–Crippen MR) is 79.1 cm³/mol. The van der Waals surface area contributed by atoms with Crippen molar-refractivity contribution in [3.63, 3.8) is 0 Å². The van der Waals surface area contributed by atoms with E-state index < -0.39 is 5.60 Å². The molecule has 0 fully saturated rings. The highest BCUT2D eigenvalue weighted by atomic mass is 79.9. The van der Waals surface area contributed by atoms with Crippen molar-refractivity contribution in [1.82, 2.24) is 4.98 Å². The molecule has 2 N–H and O–H groups in total. The highest BCUT2D eigenvalue weighted by molar-refractivity contribution is 9.10. The average Bonchev–Trinajstić information content (AvgIpc) is 2.85. The molecular weight excluding hydrogens is 312 g/mol. The lowest BCUT2D eigenvalue weighted by atomic mass is 10.1. The number of rotatable bonds is 4. The molecule has 0 spiro atoms. The van der Waals surface area contributed by atoms with E-state index in [1.54, 1.807) is 24.5 Å². The average molecular weight is 327 g/mol. The molecule has 96 valence electrons. The molecule has 1 unspecified atom stereocenters. The molecule has 0 aliphatic heterocycles. The summed E-state index contributed by atoms with van der Waals surface area (Å²) in [4.78, 5) is 5.21. The van der Waals surface area contributed by atoms with Gasteiger partial charge >= 0.3 is 0 Å². The number of nitrogens with one attached hydrogen (secondary N) is 1. The molecule has 3 nitrogen and oxygen atoms in total. The van der Waals surface area contributed by atoms with Crippen LogP contribution in [0.15, 0.2) is 34.2 Å². The Morgan fingerprint density at radius 3 is 2.94 bits per heavy atom. The third-order valence-corrected chi connectivity index (χ3v) is 4.67. The lowest BCUT2D eigenvalue weighted by Crippen LogP contribution is -2.30. The Morgan fingerprint density at radius 2 is 2.33 bits per heavy atom. The molecule has 0 saturated carbocycles. The fraction of sp³-hybridized carbons (Fsp3) is 0.308. The van der Waals surface area contributed by atoms with E-state index in [1.165, 1.54) is 0 Å². The molecule has 0 aliphatic carbocycles. The van der Waals surface area contributed by atoms with Crippen molar-refractivity contribution >= 4 is 33.1 Å². The standard InChI is InChI=1S/C13H15BrN2OS/c1-9-6-12(15-7-10(9)14)16-8-13(2,17)11-4-3-5-18-11/h3-7,17H,8H2,1-2H3,(H,15,16). The maximum atomic E-state index is 10.4. The van der Waals surface area contributed by atoms with Crippen LogP contribution in [0.3, 0.4) is 0 Å². The SMILES string of the molecule is Cc1cc(NCC(C)(O)c2cccs2)ncc1Br. The Bertz CT molecular complexity index is 526. The van der Waals surface area contributed by atoms with Crippen LogP contribution in [0, 0.1) is 6.92 Å². The van der Waals surface area contributed by atoms with Crippen LogP contribution in [0.25, 0.3) is 0 Å². The Hall–Kier alpha value is -0.910. The second-order valence-corrected chi connectivity index (χ2v) is 6.23. The number of hydrogen-bond donors (Lipinski definition) is 2. The molecule has 0 amide bonds. The van der Waals surface area contributed by atoms with Gasteiger partial charge in [-0.15, -0.1) is 11.3 Å². The third-order valence-electron chi connectivity index (χ3n) is 2.71. The Morgan fingerprint density at radius 1 is 1.56 bits per heavy atom. The topological polar surface area (TPSA) is 45.1 Å². The van der Waals surface area contributed by atoms with Crippen LogP contribution in [0.1, 0.15) is 17.4 Å². The fourth-order valence-electron chi connectivity index (χ4n) is 1.57. The summed E-state index contributed by atoms with van der Waals surface area (Å²) in [6, 6.07) is 5.83. The zero-order valence-electron chi connectivity index (χ0n) is 10.3. The number of pyridine rings is 1. The summed E-state index contributed by atoms with van der Waals surface area (Å²) in [7, 11) is 0. The number of hydrogen-bond acceptors (Lipinski definition) is 4. The van der Waals surface area contributed by atoms with Crippen molar-refractivity contribution in [2.45, 2.75) is 19.4 Å². The predicted octanol–water partition coefficient (Wildman–Crippen LogP) is 3.53. The number of nitrogens with zero attached hydrogens (tertiary/aromatic N) is 1. The molecule has 0 bridgehead atoms. The van der Waals surface area contributed by atoms with E-state index in [2.05, 4.69) is 26.2 Å². The normalized spacial score (nSPS) is 14.2. The summed E-state index contributed by atoms with van der Waals surface area (Å²) >= 11 is 4.97. The largest absolute Gasteiger partial charge is 0.383 e. The molecule has 0 radical (unpaired) electrons. The van der Waals surface area contributed by atoms with E-state index in [9.17, 15) is 5.11 Å². The number of aliphatic hydroxyl groups is 1. The summed E-state index contributed by atoms with van der Waals surface area (Å²) in [5.41, 5.74) is 0.236. The van der Waals surface area contributed by atoms with Gasteiger partial charge in [0, 0.05) is 22.1 Å². The van der Waals surface area contributed by atoms with E-state index in [4.69, 9.17) is 0 Å². The van der Waals surface area contributed by atoms with Crippen LogP contribution >= 0.6 is 27.3 Å². The monoisotopic (exact) mass is 326 g/mol.